The maximum Gasteiger partial charge on any atom is 0.325 e. The van der Waals surface area contributed by atoms with Crippen LogP contribution in [0, 0.1) is 6.92 Å². The topological polar surface area (TPSA) is 67.2 Å². The molecule has 0 bridgehead atoms. The molecule has 0 saturated carbocycles. The van der Waals surface area contributed by atoms with Crippen molar-refractivity contribution in [3.63, 3.8) is 0 Å². The fourth-order valence-corrected chi connectivity index (χ4v) is 2.82. The molecule has 3 amide bonds. The summed E-state index contributed by atoms with van der Waals surface area (Å²) in [5.41, 5.74) is 0.994. The van der Waals surface area contributed by atoms with E-state index in [-0.39, 0.29) is 11.9 Å². The third kappa shape index (κ3) is 2.13. The van der Waals surface area contributed by atoms with E-state index in [1.807, 2.05) is 25.5 Å². The normalized spacial score (nSPS) is 22.6. The van der Waals surface area contributed by atoms with Gasteiger partial charge < -0.3 is 4.90 Å². The lowest BCUT2D eigenvalue weighted by atomic mass is 9.97. The quantitative estimate of drug-likeness (QED) is 0.853. The Bertz CT molecular complexity index is 569. The lowest BCUT2D eigenvalue weighted by Gasteiger charge is -2.30. The second kappa shape index (κ2) is 5.20. The molecular weight excluding hydrogens is 324 g/mol. The number of halogens is 1. The number of hydrogen-bond acceptors (Lipinski definition) is 3. The van der Waals surface area contributed by atoms with Crippen molar-refractivity contribution in [3.05, 3.63) is 15.9 Å². The first-order valence-electron chi connectivity index (χ1n) is 6.70. The number of rotatable bonds is 4. The average molecular weight is 343 g/mol. The van der Waals surface area contributed by atoms with Gasteiger partial charge in [-0.2, -0.15) is 5.10 Å². The van der Waals surface area contributed by atoms with Crippen molar-refractivity contribution in [1.82, 2.24) is 20.0 Å². The fourth-order valence-electron chi connectivity index (χ4n) is 2.41. The van der Waals surface area contributed by atoms with Crippen LogP contribution in [0.1, 0.15) is 38.6 Å². The Kier molecular flexibility index (Phi) is 3.90. The van der Waals surface area contributed by atoms with Crippen LogP contribution in [0.3, 0.4) is 0 Å². The van der Waals surface area contributed by atoms with Crippen LogP contribution in [0.25, 0.3) is 0 Å². The van der Waals surface area contributed by atoms with Gasteiger partial charge in [-0.3, -0.25) is 14.8 Å². The SMILES string of the molecule is CCn1nc(C)c(Br)c1CN1C(=O)NC(=O)C1(C)CC. The number of nitrogens with one attached hydrogen (secondary N) is 1. The summed E-state index contributed by atoms with van der Waals surface area (Å²) < 4.78 is 2.75. The second-order valence-corrected chi connectivity index (χ2v) is 5.93. The van der Waals surface area contributed by atoms with Gasteiger partial charge in [-0.1, -0.05) is 6.92 Å². The van der Waals surface area contributed by atoms with E-state index in [1.54, 1.807) is 11.8 Å². The van der Waals surface area contributed by atoms with Crippen LogP contribution in [0.5, 0.6) is 0 Å². The molecule has 1 saturated heterocycles. The molecule has 2 heterocycles. The first-order valence-corrected chi connectivity index (χ1v) is 7.49. The highest BCUT2D eigenvalue weighted by atomic mass is 79.9. The van der Waals surface area contributed by atoms with E-state index in [1.165, 1.54) is 0 Å². The smallest absolute Gasteiger partial charge is 0.304 e. The summed E-state index contributed by atoms with van der Waals surface area (Å²) in [6.45, 7) is 8.68. The van der Waals surface area contributed by atoms with E-state index in [9.17, 15) is 9.59 Å². The molecule has 1 atom stereocenters. The van der Waals surface area contributed by atoms with Crippen molar-refractivity contribution in [2.75, 3.05) is 0 Å². The summed E-state index contributed by atoms with van der Waals surface area (Å²) in [6, 6.07) is -0.340. The van der Waals surface area contributed by atoms with Crippen LogP contribution in [0.2, 0.25) is 0 Å². The minimum absolute atomic E-state index is 0.236. The Labute approximate surface area is 126 Å². The zero-order valence-corrected chi connectivity index (χ0v) is 13.7. The van der Waals surface area contributed by atoms with Crippen LogP contribution >= 0.6 is 15.9 Å². The van der Waals surface area contributed by atoms with Gasteiger partial charge in [0.2, 0.25) is 0 Å². The Morgan fingerprint density at radius 2 is 2.00 bits per heavy atom. The predicted molar refractivity (Wildman–Crippen MR) is 78.1 cm³/mol. The van der Waals surface area contributed by atoms with E-state index in [0.29, 0.717) is 19.5 Å². The minimum atomic E-state index is -0.798. The number of hydrogen-bond donors (Lipinski definition) is 1. The number of carbonyl (C=O) groups is 2. The lowest BCUT2D eigenvalue weighted by Crippen LogP contribution is -2.46. The van der Waals surface area contributed by atoms with Crippen molar-refractivity contribution >= 4 is 27.9 Å². The predicted octanol–water partition coefficient (Wildman–Crippen LogP) is 2.19. The molecule has 6 nitrogen and oxygen atoms in total. The molecule has 0 radical (unpaired) electrons. The van der Waals surface area contributed by atoms with Gasteiger partial charge in [-0.15, -0.1) is 0 Å². The zero-order valence-electron chi connectivity index (χ0n) is 12.2. The number of nitrogens with zero attached hydrogens (tertiary/aromatic N) is 3. The highest BCUT2D eigenvalue weighted by molar-refractivity contribution is 9.10. The molecule has 1 aromatic rings. The largest absolute Gasteiger partial charge is 0.325 e. The van der Waals surface area contributed by atoms with E-state index < -0.39 is 5.54 Å². The van der Waals surface area contributed by atoms with Gasteiger partial charge in [0.05, 0.1) is 22.4 Å². The zero-order chi connectivity index (χ0) is 15.1. The van der Waals surface area contributed by atoms with Gasteiger partial charge in [0.25, 0.3) is 5.91 Å². The first kappa shape index (κ1) is 15.0. The van der Waals surface area contributed by atoms with Crippen molar-refractivity contribution in [3.8, 4) is 0 Å². The molecule has 0 aromatic carbocycles. The molecule has 1 N–H and O–H groups in total. The molecule has 1 aliphatic rings. The fraction of sp³-hybridized carbons (Fsp3) is 0.615. The molecule has 1 aromatic heterocycles. The number of aryl methyl sites for hydroxylation is 2. The van der Waals surface area contributed by atoms with Gasteiger partial charge in [-0.25, -0.2) is 4.79 Å². The van der Waals surface area contributed by atoms with Crippen LogP contribution in [0.4, 0.5) is 4.79 Å². The number of carbonyl (C=O) groups excluding carboxylic acids is 2. The van der Waals surface area contributed by atoms with Crippen LogP contribution in [-0.2, 0) is 17.9 Å². The molecule has 7 heteroatoms. The van der Waals surface area contributed by atoms with Crippen LogP contribution in [-0.4, -0.2) is 32.2 Å². The summed E-state index contributed by atoms with van der Waals surface area (Å²) in [4.78, 5) is 25.6. The molecule has 2 rings (SSSR count). The van der Waals surface area contributed by atoms with Crippen molar-refractivity contribution < 1.29 is 9.59 Å². The molecule has 0 aliphatic carbocycles. The molecule has 0 spiro atoms. The van der Waals surface area contributed by atoms with Gasteiger partial charge in [0.15, 0.2) is 0 Å². The highest BCUT2D eigenvalue weighted by Gasteiger charge is 2.48. The van der Waals surface area contributed by atoms with Crippen LogP contribution in [0.15, 0.2) is 4.47 Å². The lowest BCUT2D eigenvalue weighted by molar-refractivity contribution is -0.126. The molecule has 1 aliphatic heterocycles. The van der Waals surface area contributed by atoms with E-state index >= 15 is 0 Å². The Balaban J connectivity index is 2.38. The molecular formula is C13H19BrN4O2. The molecule has 110 valence electrons. The summed E-state index contributed by atoms with van der Waals surface area (Å²) in [5, 5.41) is 6.81. The van der Waals surface area contributed by atoms with Crippen molar-refractivity contribution in [2.24, 2.45) is 0 Å². The van der Waals surface area contributed by atoms with E-state index in [4.69, 9.17) is 0 Å². The molecule has 1 fully saturated rings. The standard InChI is InChI=1S/C13H19BrN4O2/c1-5-13(4)11(19)15-12(20)17(13)7-9-10(14)8(3)16-18(9)6-2/h5-7H2,1-4H3,(H,15,19,20). The summed E-state index contributed by atoms with van der Waals surface area (Å²) in [5.74, 6) is -0.236. The third-order valence-corrected chi connectivity index (χ3v) is 5.03. The minimum Gasteiger partial charge on any atom is -0.304 e. The molecule has 20 heavy (non-hydrogen) atoms. The number of urea groups is 1. The van der Waals surface area contributed by atoms with E-state index in [2.05, 4.69) is 26.3 Å². The number of aromatic nitrogens is 2. The Morgan fingerprint density at radius 1 is 1.35 bits per heavy atom. The Morgan fingerprint density at radius 3 is 2.55 bits per heavy atom. The summed E-state index contributed by atoms with van der Waals surface area (Å²) >= 11 is 3.52. The van der Waals surface area contributed by atoms with Gasteiger partial charge in [0.1, 0.15) is 5.54 Å². The number of imide groups is 1. The third-order valence-electron chi connectivity index (χ3n) is 4.00. The monoisotopic (exact) mass is 342 g/mol. The summed E-state index contributed by atoms with van der Waals surface area (Å²) in [6.07, 6.45) is 0.571. The van der Waals surface area contributed by atoms with Gasteiger partial charge in [0, 0.05) is 6.54 Å². The average Bonchev–Trinajstić information content (AvgIpc) is 2.81. The summed E-state index contributed by atoms with van der Waals surface area (Å²) in [7, 11) is 0. The van der Waals surface area contributed by atoms with Crippen LogP contribution < -0.4 is 5.32 Å². The van der Waals surface area contributed by atoms with Crippen molar-refractivity contribution in [2.45, 2.75) is 52.7 Å². The number of amides is 3. The van der Waals surface area contributed by atoms with E-state index in [0.717, 1.165) is 15.9 Å². The molecule has 1 unspecified atom stereocenters. The van der Waals surface area contributed by atoms with Crippen molar-refractivity contribution in [1.29, 1.82) is 0 Å². The highest BCUT2D eigenvalue weighted by Crippen LogP contribution is 2.30. The van der Waals surface area contributed by atoms with Gasteiger partial charge >= 0.3 is 6.03 Å². The first-order chi connectivity index (χ1) is 9.35. The maximum atomic E-state index is 12.0. The maximum absolute atomic E-state index is 12.0. The second-order valence-electron chi connectivity index (χ2n) is 5.13. The van der Waals surface area contributed by atoms with Gasteiger partial charge in [-0.05, 0) is 43.1 Å². The Hall–Kier alpha value is -1.37.